The summed E-state index contributed by atoms with van der Waals surface area (Å²) in [6.45, 7) is 5.00. The van der Waals surface area contributed by atoms with Gasteiger partial charge in [-0.3, -0.25) is 4.79 Å². The van der Waals surface area contributed by atoms with E-state index in [1.165, 1.54) is 0 Å². The SMILES string of the molecule is CCCOCCOC(=O)CNCCOC. The predicted octanol–water partition coefficient (Wildman–Crippen LogP) is 0.192. The fourth-order valence-electron chi connectivity index (χ4n) is 0.877. The molecule has 0 aromatic carbocycles. The molecule has 0 bridgehead atoms. The lowest BCUT2D eigenvalue weighted by atomic mass is 10.5. The molecular formula is C10H21NO4. The highest BCUT2D eigenvalue weighted by atomic mass is 16.6. The number of rotatable bonds is 10. The molecule has 0 aliphatic heterocycles. The van der Waals surface area contributed by atoms with Crippen molar-refractivity contribution < 1.29 is 19.0 Å². The van der Waals surface area contributed by atoms with Crippen molar-refractivity contribution in [2.75, 3.05) is 46.6 Å². The molecule has 0 atom stereocenters. The number of methoxy groups -OCH3 is 1. The van der Waals surface area contributed by atoms with E-state index in [1.54, 1.807) is 7.11 Å². The van der Waals surface area contributed by atoms with E-state index in [0.29, 0.717) is 33.0 Å². The van der Waals surface area contributed by atoms with E-state index >= 15 is 0 Å². The minimum absolute atomic E-state index is 0.219. The van der Waals surface area contributed by atoms with Gasteiger partial charge in [0.2, 0.25) is 0 Å². The first-order chi connectivity index (χ1) is 7.31. The summed E-state index contributed by atoms with van der Waals surface area (Å²) in [6, 6.07) is 0. The summed E-state index contributed by atoms with van der Waals surface area (Å²) in [7, 11) is 1.62. The zero-order chi connectivity index (χ0) is 11.4. The monoisotopic (exact) mass is 219 g/mol. The molecular weight excluding hydrogens is 198 g/mol. The van der Waals surface area contributed by atoms with Crippen molar-refractivity contribution in [3.8, 4) is 0 Å². The molecule has 0 aliphatic rings. The highest BCUT2D eigenvalue weighted by molar-refractivity contribution is 5.71. The highest BCUT2D eigenvalue weighted by Gasteiger charge is 2.00. The minimum atomic E-state index is -0.258. The maximum absolute atomic E-state index is 11.1. The third-order valence-corrected chi connectivity index (χ3v) is 1.59. The summed E-state index contributed by atoms with van der Waals surface area (Å²) in [5, 5.41) is 2.90. The summed E-state index contributed by atoms with van der Waals surface area (Å²) in [5.41, 5.74) is 0. The Morgan fingerprint density at radius 1 is 1.20 bits per heavy atom. The fraction of sp³-hybridized carbons (Fsp3) is 0.900. The molecule has 90 valence electrons. The summed E-state index contributed by atoms with van der Waals surface area (Å²) in [5.74, 6) is -0.258. The number of ether oxygens (including phenoxy) is 3. The van der Waals surface area contributed by atoms with Crippen LogP contribution in [0.2, 0.25) is 0 Å². The topological polar surface area (TPSA) is 56.8 Å². The van der Waals surface area contributed by atoms with Crippen LogP contribution in [0, 0.1) is 0 Å². The molecule has 0 amide bonds. The van der Waals surface area contributed by atoms with Crippen molar-refractivity contribution >= 4 is 5.97 Å². The van der Waals surface area contributed by atoms with Gasteiger partial charge in [-0.1, -0.05) is 6.92 Å². The third-order valence-electron chi connectivity index (χ3n) is 1.59. The van der Waals surface area contributed by atoms with Gasteiger partial charge in [0, 0.05) is 20.3 Å². The maximum Gasteiger partial charge on any atom is 0.320 e. The van der Waals surface area contributed by atoms with Gasteiger partial charge in [-0.15, -0.1) is 0 Å². The van der Waals surface area contributed by atoms with Gasteiger partial charge in [0.15, 0.2) is 0 Å². The van der Waals surface area contributed by atoms with Crippen LogP contribution < -0.4 is 5.32 Å². The lowest BCUT2D eigenvalue weighted by molar-refractivity contribution is -0.144. The Morgan fingerprint density at radius 3 is 2.67 bits per heavy atom. The molecule has 0 spiro atoms. The Morgan fingerprint density at radius 2 is 2.00 bits per heavy atom. The zero-order valence-electron chi connectivity index (χ0n) is 9.58. The molecule has 0 unspecified atom stereocenters. The predicted molar refractivity (Wildman–Crippen MR) is 56.8 cm³/mol. The van der Waals surface area contributed by atoms with Crippen molar-refractivity contribution in [1.82, 2.24) is 5.32 Å². The molecule has 0 fully saturated rings. The van der Waals surface area contributed by atoms with E-state index < -0.39 is 0 Å². The van der Waals surface area contributed by atoms with Gasteiger partial charge in [0.05, 0.1) is 19.8 Å². The third kappa shape index (κ3) is 11.3. The Hall–Kier alpha value is -0.650. The van der Waals surface area contributed by atoms with Gasteiger partial charge in [-0.25, -0.2) is 0 Å². The van der Waals surface area contributed by atoms with Crippen LogP contribution in [0.1, 0.15) is 13.3 Å². The van der Waals surface area contributed by atoms with E-state index in [1.807, 2.05) is 6.92 Å². The van der Waals surface area contributed by atoms with Crippen LogP contribution in [0.5, 0.6) is 0 Å². The van der Waals surface area contributed by atoms with Crippen molar-refractivity contribution in [2.45, 2.75) is 13.3 Å². The first-order valence-corrected chi connectivity index (χ1v) is 5.24. The molecule has 0 radical (unpaired) electrons. The van der Waals surface area contributed by atoms with Crippen molar-refractivity contribution in [2.24, 2.45) is 0 Å². The van der Waals surface area contributed by atoms with Gasteiger partial charge in [0.1, 0.15) is 6.61 Å². The second-order valence-electron chi connectivity index (χ2n) is 3.00. The number of esters is 1. The zero-order valence-corrected chi connectivity index (χ0v) is 9.58. The average molecular weight is 219 g/mol. The second-order valence-corrected chi connectivity index (χ2v) is 3.00. The highest BCUT2D eigenvalue weighted by Crippen LogP contribution is 1.82. The van der Waals surface area contributed by atoms with Crippen molar-refractivity contribution in [3.05, 3.63) is 0 Å². The summed E-state index contributed by atoms with van der Waals surface area (Å²) in [4.78, 5) is 11.1. The summed E-state index contributed by atoms with van der Waals surface area (Å²) in [6.07, 6.45) is 0.979. The first-order valence-electron chi connectivity index (χ1n) is 5.24. The van der Waals surface area contributed by atoms with Gasteiger partial charge < -0.3 is 19.5 Å². The van der Waals surface area contributed by atoms with Crippen LogP contribution in [0.3, 0.4) is 0 Å². The van der Waals surface area contributed by atoms with Crippen molar-refractivity contribution in [3.63, 3.8) is 0 Å². The number of hydrogen-bond donors (Lipinski definition) is 1. The molecule has 5 nitrogen and oxygen atoms in total. The molecule has 0 aromatic rings. The van der Waals surface area contributed by atoms with Crippen LogP contribution in [-0.2, 0) is 19.0 Å². The number of carbonyl (C=O) groups is 1. The van der Waals surface area contributed by atoms with Gasteiger partial charge in [0.25, 0.3) is 0 Å². The second kappa shape index (κ2) is 11.4. The quantitative estimate of drug-likeness (QED) is 0.420. The van der Waals surface area contributed by atoms with Crippen LogP contribution in [0.15, 0.2) is 0 Å². The molecule has 0 heterocycles. The van der Waals surface area contributed by atoms with E-state index in [4.69, 9.17) is 14.2 Å². The van der Waals surface area contributed by atoms with Gasteiger partial charge in [-0.05, 0) is 6.42 Å². The average Bonchev–Trinajstić information content (AvgIpc) is 2.24. The smallest absolute Gasteiger partial charge is 0.320 e. The lowest BCUT2D eigenvalue weighted by Gasteiger charge is -2.06. The fourth-order valence-corrected chi connectivity index (χ4v) is 0.877. The minimum Gasteiger partial charge on any atom is -0.462 e. The summed E-state index contributed by atoms with van der Waals surface area (Å²) >= 11 is 0. The first kappa shape index (κ1) is 14.3. The number of hydrogen-bond acceptors (Lipinski definition) is 5. The Bertz CT molecular complexity index is 152. The largest absolute Gasteiger partial charge is 0.462 e. The van der Waals surface area contributed by atoms with Gasteiger partial charge in [-0.2, -0.15) is 0 Å². The molecule has 0 aliphatic carbocycles. The standard InChI is InChI=1S/C10H21NO4/c1-3-5-14-7-8-15-10(12)9-11-4-6-13-2/h11H,3-9H2,1-2H3. The lowest BCUT2D eigenvalue weighted by Crippen LogP contribution is -2.28. The van der Waals surface area contributed by atoms with Crippen LogP contribution in [-0.4, -0.2) is 52.6 Å². The molecule has 15 heavy (non-hydrogen) atoms. The normalized spacial score (nSPS) is 10.3. The van der Waals surface area contributed by atoms with Gasteiger partial charge >= 0.3 is 5.97 Å². The summed E-state index contributed by atoms with van der Waals surface area (Å²) < 4.78 is 14.9. The molecule has 5 heteroatoms. The molecule has 0 saturated carbocycles. The Labute approximate surface area is 91.1 Å². The number of carbonyl (C=O) groups excluding carboxylic acids is 1. The molecule has 0 saturated heterocycles. The van der Waals surface area contributed by atoms with E-state index in [-0.39, 0.29) is 12.5 Å². The van der Waals surface area contributed by atoms with E-state index in [9.17, 15) is 4.79 Å². The van der Waals surface area contributed by atoms with E-state index in [2.05, 4.69) is 5.32 Å². The van der Waals surface area contributed by atoms with Crippen LogP contribution in [0.25, 0.3) is 0 Å². The maximum atomic E-state index is 11.1. The Balaban J connectivity index is 3.11. The molecule has 1 N–H and O–H groups in total. The Kier molecular flexibility index (Phi) is 10.9. The number of nitrogens with one attached hydrogen (secondary N) is 1. The van der Waals surface area contributed by atoms with Crippen LogP contribution >= 0.6 is 0 Å². The van der Waals surface area contributed by atoms with E-state index in [0.717, 1.165) is 6.42 Å². The molecule has 0 rings (SSSR count). The van der Waals surface area contributed by atoms with Crippen LogP contribution in [0.4, 0.5) is 0 Å². The molecule has 0 aromatic heterocycles. The van der Waals surface area contributed by atoms with Crippen molar-refractivity contribution in [1.29, 1.82) is 0 Å².